The first-order valence-electron chi connectivity index (χ1n) is 12.3. The topological polar surface area (TPSA) is 75.7 Å². The molecule has 0 aliphatic carbocycles. The van der Waals surface area contributed by atoms with E-state index in [1.807, 2.05) is 57.2 Å². The van der Waals surface area contributed by atoms with E-state index in [9.17, 15) is 13.2 Å². The largest absolute Gasteiger partial charge is 0.381 e. The number of carbonyl (C=O) groups is 1. The first-order chi connectivity index (χ1) is 17.2. The highest BCUT2D eigenvalue weighted by atomic mass is 32.2. The summed E-state index contributed by atoms with van der Waals surface area (Å²) < 4.78 is 34.4. The van der Waals surface area contributed by atoms with Crippen LogP contribution in [-0.4, -0.2) is 40.6 Å². The monoisotopic (exact) mass is 506 g/mol. The van der Waals surface area contributed by atoms with Crippen LogP contribution in [0, 0.1) is 20.8 Å². The summed E-state index contributed by atoms with van der Waals surface area (Å²) in [5.74, 6) is -0.339. The summed E-state index contributed by atoms with van der Waals surface area (Å²) >= 11 is 0. The van der Waals surface area contributed by atoms with Gasteiger partial charge in [-0.25, -0.2) is 8.42 Å². The molecule has 0 bridgehead atoms. The van der Waals surface area contributed by atoms with Gasteiger partial charge in [-0.2, -0.15) is 0 Å². The van der Waals surface area contributed by atoms with Gasteiger partial charge in [-0.05, 0) is 68.5 Å². The van der Waals surface area contributed by atoms with Crippen LogP contribution < -0.4 is 9.62 Å². The Morgan fingerprint density at radius 2 is 1.56 bits per heavy atom. The zero-order valence-corrected chi connectivity index (χ0v) is 22.0. The van der Waals surface area contributed by atoms with Gasteiger partial charge >= 0.3 is 0 Å². The standard InChI is InChI=1S/C29H34N2O4S/c1-22-10-13-26(14-11-22)36(33,34)31(27-19-23(2)9-12-24(27)3)20-28(32)30-21-29(15-17-35-18-16-29)25-7-5-4-6-8-25/h4-14,19H,15-18,20-21H2,1-3H3,(H,30,32). The van der Waals surface area contributed by atoms with Crippen molar-refractivity contribution in [3.8, 4) is 0 Å². The van der Waals surface area contributed by atoms with Crippen LogP contribution in [0.1, 0.15) is 35.1 Å². The van der Waals surface area contributed by atoms with Crippen molar-refractivity contribution in [2.45, 2.75) is 43.9 Å². The Morgan fingerprint density at radius 1 is 0.917 bits per heavy atom. The molecule has 6 nitrogen and oxygen atoms in total. The molecular formula is C29H34N2O4S. The molecule has 3 aromatic rings. The van der Waals surface area contributed by atoms with Gasteiger partial charge in [0.2, 0.25) is 5.91 Å². The number of ether oxygens (including phenoxy) is 1. The lowest BCUT2D eigenvalue weighted by Crippen LogP contribution is -2.48. The predicted octanol–water partition coefficient (Wildman–Crippen LogP) is 4.67. The number of amides is 1. The smallest absolute Gasteiger partial charge is 0.264 e. The minimum Gasteiger partial charge on any atom is -0.381 e. The van der Waals surface area contributed by atoms with E-state index in [4.69, 9.17) is 4.74 Å². The molecule has 7 heteroatoms. The van der Waals surface area contributed by atoms with Crippen molar-refractivity contribution in [2.24, 2.45) is 0 Å². The molecule has 36 heavy (non-hydrogen) atoms. The number of carbonyl (C=O) groups excluding carboxylic acids is 1. The van der Waals surface area contributed by atoms with Gasteiger partial charge in [-0.15, -0.1) is 0 Å². The highest BCUT2D eigenvalue weighted by molar-refractivity contribution is 7.92. The molecule has 0 saturated carbocycles. The zero-order valence-electron chi connectivity index (χ0n) is 21.2. The lowest BCUT2D eigenvalue weighted by Gasteiger charge is -2.38. The Labute approximate surface area is 214 Å². The fourth-order valence-corrected chi connectivity index (χ4v) is 6.18. The molecule has 0 radical (unpaired) electrons. The number of rotatable bonds is 8. The maximum Gasteiger partial charge on any atom is 0.264 e. The molecule has 1 aliphatic heterocycles. The van der Waals surface area contributed by atoms with Crippen molar-refractivity contribution >= 4 is 21.6 Å². The van der Waals surface area contributed by atoms with E-state index < -0.39 is 10.0 Å². The fourth-order valence-electron chi connectivity index (χ4n) is 4.70. The quantitative estimate of drug-likeness (QED) is 0.482. The van der Waals surface area contributed by atoms with Crippen LogP contribution >= 0.6 is 0 Å². The first-order valence-corrected chi connectivity index (χ1v) is 13.7. The summed E-state index contributed by atoms with van der Waals surface area (Å²) in [6, 6.07) is 22.5. The van der Waals surface area contributed by atoms with Gasteiger partial charge in [0, 0.05) is 25.2 Å². The summed E-state index contributed by atoms with van der Waals surface area (Å²) in [7, 11) is -3.96. The second kappa shape index (κ2) is 10.8. The van der Waals surface area contributed by atoms with Crippen molar-refractivity contribution < 1.29 is 17.9 Å². The molecule has 1 N–H and O–H groups in total. The summed E-state index contributed by atoms with van der Waals surface area (Å²) in [5.41, 5.74) is 4.10. The van der Waals surface area contributed by atoms with Gasteiger partial charge in [0.05, 0.1) is 10.6 Å². The summed E-state index contributed by atoms with van der Waals surface area (Å²) in [4.78, 5) is 13.5. The molecule has 0 spiro atoms. The molecule has 0 aromatic heterocycles. The number of anilines is 1. The van der Waals surface area contributed by atoms with Crippen LogP contribution in [0.3, 0.4) is 0 Å². The van der Waals surface area contributed by atoms with Crippen molar-refractivity contribution in [3.63, 3.8) is 0 Å². The minimum absolute atomic E-state index is 0.159. The van der Waals surface area contributed by atoms with Gasteiger partial charge in [0.1, 0.15) is 6.54 Å². The molecule has 1 saturated heterocycles. The first kappa shape index (κ1) is 25.9. The average Bonchev–Trinajstić information content (AvgIpc) is 2.89. The zero-order chi connectivity index (χ0) is 25.8. The van der Waals surface area contributed by atoms with Gasteiger partial charge in [0.15, 0.2) is 0 Å². The van der Waals surface area contributed by atoms with Crippen molar-refractivity contribution in [1.82, 2.24) is 5.32 Å². The van der Waals surface area contributed by atoms with Crippen LogP contribution in [0.4, 0.5) is 5.69 Å². The van der Waals surface area contributed by atoms with E-state index in [-0.39, 0.29) is 22.8 Å². The number of aryl methyl sites for hydroxylation is 3. The summed E-state index contributed by atoms with van der Waals surface area (Å²) in [6.45, 7) is 7.05. The molecule has 190 valence electrons. The van der Waals surface area contributed by atoms with Crippen molar-refractivity contribution in [3.05, 3.63) is 95.1 Å². The number of nitrogens with one attached hydrogen (secondary N) is 1. The minimum atomic E-state index is -3.96. The second-order valence-corrected chi connectivity index (χ2v) is 11.5. The maximum atomic E-state index is 13.8. The van der Waals surface area contributed by atoms with E-state index in [1.165, 1.54) is 4.31 Å². The summed E-state index contributed by atoms with van der Waals surface area (Å²) in [6.07, 6.45) is 1.58. The Morgan fingerprint density at radius 3 is 2.22 bits per heavy atom. The van der Waals surface area contributed by atoms with E-state index in [2.05, 4.69) is 17.4 Å². The molecule has 1 aliphatic rings. The maximum absolute atomic E-state index is 13.8. The van der Waals surface area contributed by atoms with Crippen LogP contribution in [0.2, 0.25) is 0 Å². The second-order valence-electron chi connectivity index (χ2n) is 9.65. The Balaban J connectivity index is 1.62. The van der Waals surface area contributed by atoms with Crippen LogP contribution in [0.5, 0.6) is 0 Å². The third-order valence-corrected chi connectivity index (χ3v) is 8.76. The molecular weight excluding hydrogens is 472 g/mol. The van der Waals surface area contributed by atoms with Crippen molar-refractivity contribution in [1.29, 1.82) is 0 Å². The lowest BCUT2D eigenvalue weighted by molar-refractivity contribution is -0.120. The third-order valence-electron chi connectivity index (χ3n) is 6.99. The molecule has 1 fully saturated rings. The number of sulfonamides is 1. The molecule has 4 rings (SSSR count). The fraction of sp³-hybridized carbons (Fsp3) is 0.345. The van der Waals surface area contributed by atoms with Crippen molar-refractivity contribution in [2.75, 3.05) is 30.6 Å². The van der Waals surface area contributed by atoms with E-state index in [1.54, 1.807) is 24.3 Å². The van der Waals surface area contributed by atoms with E-state index in [0.717, 1.165) is 35.1 Å². The number of benzene rings is 3. The normalized spacial score (nSPS) is 15.3. The Hall–Kier alpha value is -3.16. The average molecular weight is 507 g/mol. The molecule has 0 unspecified atom stereocenters. The summed E-state index contributed by atoms with van der Waals surface area (Å²) in [5, 5.41) is 3.06. The molecule has 1 heterocycles. The Kier molecular flexibility index (Phi) is 7.81. The van der Waals surface area contributed by atoms with Crippen LogP contribution in [0.25, 0.3) is 0 Å². The predicted molar refractivity (Wildman–Crippen MR) is 143 cm³/mol. The Bertz CT molecular complexity index is 1300. The van der Waals surface area contributed by atoms with Crippen LogP contribution in [-0.2, 0) is 25.0 Å². The SMILES string of the molecule is Cc1ccc(S(=O)(=O)N(CC(=O)NCC2(c3ccccc3)CCOCC2)c2cc(C)ccc2C)cc1. The van der Waals surface area contributed by atoms with E-state index in [0.29, 0.717) is 25.4 Å². The van der Waals surface area contributed by atoms with Crippen LogP contribution in [0.15, 0.2) is 77.7 Å². The molecule has 0 atom stereocenters. The highest BCUT2D eigenvalue weighted by Gasteiger charge is 2.35. The van der Waals surface area contributed by atoms with E-state index >= 15 is 0 Å². The highest BCUT2D eigenvalue weighted by Crippen LogP contribution is 2.34. The van der Waals surface area contributed by atoms with Gasteiger partial charge in [0.25, 0.3) is 10.0 Å². The third kappa shape index (κ3) is 5.63. The lowest BCUT2D eigenvalue weighted by atomic mass is 9.74. The number of hydrogen-bond acceptors (Lipinski definition) is 4. The van der Waals surface area contributed by atoms with Gasteiger partial charge in [-0.3, -0.25) is 9.10 Å². The molecule has 1 amide bonds. The molecule has 3 aromatic carbocycles. The van der Waals surface area contributed by atoms with Gasteiger partial charge in [-0.1, -0.05) is 60.2 Å². The van der Waals surface area contributed by atoms with Gasteiger partial charge < -0.3 is 10.1 Å². The number of hydrogen-bond donors (Lipinski definition) is 1. The number of nitrogens with zero attached hydrogens (tertiary/aromatic N) is 1.